The van der Waals surface area contributed by atoms with E-state index in [1.54, 1.807) is 0 Å². The van der Waals surface area contributed by atoms with Crippen LogP contribution < -0.4 is 0 Å². The number of phenolic OH excluding ortho intramolecular Hbond substituents is 1. The molecule has 0 unspecified atom stereocenters. The standard InChI is InChI=1S/C9H8ClNO3/c1-6(11(13)14)4-7-5-8(10)2-3-9(7)12/h2-5,12H,1H3/b6-4-. The highest BCUT2D eigenvalue weighted by molar-refractivity contribution is 6.30. The number of phenols is 1. The van der Waals surface area contributed by atoms with Crippen molar-refractivity contribution < 1.29 is 10.0 Å². The molecule has 0 saturated carbocycles. The van der Waals surface area contributed by atoms with Crippen LogP contribution in [0.1, 0.15) is 12.5 Å². The van der Waals surface area contributed by atoms with Gasteiger partial charge < -0.3 is 5.11 Å². The smallest absolute Gasteiger partial charge is 0.243 e. The molecule has 0 aliphatic carbocycles. The zero-order valence-electron chi connectivity index (χ0n) is 7.40. The molecule has 74 valence electrons. The lowest BCUT2D eigenvalue weighted by molar-refractivity contribution is -0.422. The second-order valence-corrected chi connectivity index (χ2v) is 3.18. The molecule has 0 fully saturated rings. The summed E-state index contributed by atoms with van der Waals surface area (Å²) >= 11 is 5.67. The molecule has 5 heteroatoms. The number of hydrogen-bond acceptors (Lipinski definition) is 3. The van der Waals surface area contributed by atoms with Crippen molar-refractivity contribution in [2.45, 2.75) is 6.92 Å². The molecule has 0 spiro atoms. The number of nitrogens with zero attached hydrogens (tertiary/aromatic N) is 1. The van der Waals surface area contributed by atoms with Crippen LogP contribution in [0.25, 0.3) is 6.08 Å². The molecule has 1 aromatic carbocycles. The second-order valence-electron chi connectivity index (χ2n) is 2.75. The van der Waals surface area contributed by atoms with Crippen molar-refractivity contribution in [2.24, 2.45) is 0 Å². The first-order valence-corrected chi connectivity index (χ1v) is 4.19. The molecule has 0 atom stereocenters. The van der Waals surface area contributed by atoms with E-state index in [-0.39, 0.29) is 11.4 Å². The molecular formula is C9H8ClNO3. The molecule has 0 aliphatic heterocycles. The van der Waals surface area contributed by atoms with Gasteiger partial charge >= 0.3 is 0 Å². The fraction of sp³-hybridized carbons (Fsp3) is 0.111. The molecule has 0 saturated heterocycles. The Balaban J connectivity index is 3.13. The third-order valence-electron chi connectivity index (χ3n) is 1.64. The highest BCUT2D eigenvalue weighted by atomic mass is 35.5. The summed E-state index contributed by atoms with van der Waals surface area (Å²) in [5.74, 6) is -0.0319. The van der Waals surface area contributed by atoms with Crippen LogP contribution in [0.15, 0.2) is 23.9 Å². The molecule has 0 heterocycles. The van der Waals surface area contributed by atoms with Gasteiger partial charge in [0, 0.05) is 23.6 Å². The molecule has 1 N–H and O–H groups in total. The molecule has 0 aliphatic rings. The Hall–Kier alpha value is -1.55. The van der Waals surface area contributed by atoms with E-state index in [1.807, 2.05) is 0 Å². The first kappa shape index (κ1) is 10.5. The van der Waals surface area contributed by atoms with Gasteiger partial charge in [-0.25, -0.2) is 0 Å². The predicted molar refractivity (Wildman–Crippen MR) is 53.8 cm³/mol. The van der Waals surface area contributed by atoms with Crippen LogP contribution >= 0.6 is 11.6 Å². The Bertz CT molecular complexity index is 401. The van der Waals surface area contributed by atoms with Crippen LogP contribution in [0.2, 0.25) is 5.02 Å². The van der Waals surface area contributed by atoms with Crippen LogP contribution in [-0.2, 0) is 0 Å². The third-order valence-corrected chi connectivity index (χ3v) is 1.88. The first-order chi connectivity index (χ1) is 6.50. The van der Waals surface area contributed by atoms with Gasteiger partial charge in [-0.1, -0.05) is 11.6 Å². The molecule has 0 aromatic heterocycles. The van der Waals surface area contributed by atoms with Crippen molar-refractivity contribution in [3.05, 3.63) is 44.6 Å². The minimum Gasteiger partial charge on any atom is -0.507 e. The summed E-state index contributed by atoms with van der Waals surface area (Å²) in [6.45, 7) is 1.35. The summed E-state index contributed by atoms with van der Waals surface area (Å²) in [5.41, 5.74) is 0.286. The molecular weight excluding hydrogens is 206 g/mol. The second kappa shape index (κ2) is 4.11. The molecule has 1 rings (SSSR count). The third kappa shape index (κ3) is 2.47. The molecule has 14 heavy (non-hydrogen) atoms. The number of nitro groups is 1. The van der Waals surface area contributed by atoms with E-state index in [2.05, 4.69) is 0 Å². The largest absolute Gasteiger partial charge is 0.507 e. The Kier molecular flexibility index (Phi) is 3.09. The Morgan fingerprint density at radius 1 is 1.64 bits per heavy atom. The highest BCUT2D eigenvalue weighted by Gasteiger charge is 2.05. The average Bonchev–Trinajstić information content (AvgIpc) is 2.11. The number of benzene rings is 1. The van der Waals surface area contributed by atoms with Gasteiger partial charge in [0.05, 0.1) is 4.92 Å². The normalized spacial score (nSPS) is 11.4. The highest BCUT2D eigenvalue weighted by Crippen LogP contribution is 2.23. The van der Waals surface area contributed by atoms with Gasteiger partial charge in [-0.3, -0.25) is 10.1 Å². The minimum absolute atomic E-state index is 0.0319. The molecule has 1 aromatic rings. The number of rotatable bonds is 2. The maximum atomic E-state index is 10.3. The van der Waals surface area contributed by atoms with Crippen LogP contribution in [-0.4, -0.2) is 10.0 Å². The number of allylic oxidation sites excluding steroid dienone is 1. The maximum absolute atomic E-state index is 10.3. The van der Waals surface area contributed by atoms with Crippen molar-refractivity contribution in [2.75, 3.05) is 0 Å². The Morgan fingerprint density at radius 2 is 2.29 bits per heavy atom. The van der Waals surface area contributed by atoms with Crippen molar-refractivity contribution >= 4 is 17.7 Å². The van der Waals surface area contributed by atoms with Crippen molar-refractivity contribution in [3.63, 3.8) is 0 Å². The van der Waals surface area contributed by atoms with E-state index >= 15 is 0 Å². The summed E-state index contributed by atoms with van der Waals surface area (Å²) in [5, 5.41) is 20.1. The van der Waals surface area contributed by atoms with E-state index in [1.165, 1.54) is 31.2 Å². The van der Waals surface area contributed by atoms with Crippen LogP contribution in [0, 0.1) is 10.1 Å². The lowest BCUT2D eigenvalue weighted by atomic mass is 10.2. The summed E-state index contributed by atoms with van der Waals surface area (Å²) < 4.78 is 0. The van der Waals surface area contributed by atoms with Crippen molar-refractivity contribution in [1.82, 2.24) is 0 Å². The van der Waals surface area contributed by atoms with Gasteiger partial charge in [0.15, 0.2) is 0 Å². The maximum Gasteiger partial charge on any atom is 0.243 e. The van der Waals surface area contributed by atoms with Gasteiger partial charge in [-0.2, -0.15) is 0 Å². The van der Waals surface area contributed by atoms with Crippen molar-refractivity contribution in [1.29, 1.82) is 0 Å². The van der Waals surface area contributed by atoms with Gasteiger partial charge in [0.25, 0.3) is 0 Å². The summed E-state index contributed by atoms with van der Waals surface area (Å²) in [4.78, 5) is 9.80. The Morgan fingerprint density at radius 3 is 2.86 bits per heavy atom. The average molecular weight is 214 g/mol. The van der Waals surface area contributed by atoms with E-state index < -0.39 is 4.92 Å². The predicted octanol–water partition coefficient (Wildman–Crippen LogP) is 2.68. The lowest BCUT2D eigenvalue weighted by Crippen LogP contribution is -1.93. The summed E-state index contributed by atoms with van der Waals surface area (Å²) in [7, 11) is 0. The number of halogens is 1. The fourth-order valence-corrected chi connectivity index (χ4v) is 1.10. The first-order valence-electron chi connectivity index (χ1n) is 3.82. The zero-order chi connectivity index (χ0) is 10.7. The Labute approximate surface area is 85.6 Å². The van der Waals surface area contributed by atoms with Gasteiger partial charge in [0.2, 0.25) is 5.70 Å². The fourth-order valence-electron chi connectivity index (χ4n) is 0.919. The van der Waals surface area contributed by atoms with E-state index in [4.69, 9.17) is 11.6 Å². The lowest BCUT2D eigenvalue weighted by Gasteiger charge is -1.98. The van der Waals surface area contributed by atoms with Crippen LogP contribution in [0.5, 0.6) is 5.75 Å². The SMILES string of the molecule is C/C(=C/c1cc(Cl)ccc1O)[N+](=O)[O-]. The van der Waals surface area contributed by atoms with Gasteiger partial charge in [-0.15, -0.1) is 0 Å². The summed E-state index contributed by atoms with van der Waals surface area (Å²) in [6, 6.07) is 4.36. The van der Waals surface area contributed by atoms with E-state index in [9.17, 15) is 15.2 Å². The van der Waals surface area contributed by atoms with Crippen molar-refractivity contribution in [3.8, 4) is 5.75 Å². The minimum atomic E-state index is -0.527. The molecule has 0 amide bonds. The topological polar surface area (TPSA) is 63.4 Å². The molecule has 0 bridgehead atoms. The van der Waals surface area contributed by atoms with E-state index in [0.717, 1.165) is 0 Å². The van der Waals surface area contributed by atoms with Gasteiger partial charge in [0.1, 0.15) is 5.75 Å². The van der Waals surface area contributed by atoms with Crippen LogP contribution in [0.4, 0.5) is 0 Å². The zero-order valence-corrected chi connectivity index (χ0v) is 8.15. The number of hydrogen-bond donors (Lipinski definition) is 1. The quantitative estimate of drug-likeness (QED) is 0.607. The monoisotopic (exact) mass is 213 g/mol. The number of aromatic hydroxyl groups is 1. The van der Waals surface area contributed by atoms with E-state index in [0.29, 0.717) is 10.6 Å². The molecule has 0 radical (unpaired) electrons. The van der Waals surface area contributed by atoms with Gasteiger partial charge in [-0.05, 0) is 18.2 Å². The molecule has 4 nitrogen and oxygen atoms in total. The van der Waals surface area contributed by atoms with Crippen LogP contribution in [0.3, 0.4) is 0 Å². The summed E-state index contributed by atoms with van der Waals surface area (Å²) in [6.07, 6.45) is 1.27.